The highest BCUT2D eigenvalue weighted by Gasteiger charge is 2.27. The second-order valence-corrected chi connectivity index (χ2v) is 10.4. The van der Waals surface area contributed by atoms with Gasteiger partial charge in [0.15, 0.2) is 0 Å². The number of ether oxygens (including phenoxy) is 1. The van der Waals surface area contributed by atoms with Crippen LogP contribution >= 0.6 is 0 Å². The van der Waals surface area contributed by atoms with Gasteiger partial charge in [0.1, 0.15) is 10.6 Å². The summed E-state index contributed by atoms with van der Waals surface area (Å²) >= 11 is 0. The summed E-state index contributed by atoms with van der Waals surface area (Å²) < 4.78 is 58.8. The van der Waals surface area contributed by atoms with E-state index in [1.807, 2.05) is 0 Å². The molecule has 0 heterocycles. The molecule has 1 amide bonds. The molecular weight excluding hydrogens is 442 g/mol. The van der Waals surface area contributed by atoms with Gasteiger partial charge in [0.2, 0.25) is 20.0 Å². The van der Waals surface area contributed by atoms with Gasteiger partial charge in [-0.3, -0.25) is 4.79 Å². The van der Waals surface area contributed by atoms with E-state index in [4.69, 9.17) is 4.74 Å². The minimum absolute atomic E-state index is 0.00423. The number of methoxy groups -OCH3 is 1. The number of sulfonamides is 2. The first-order valence-electron chi connectivity index (χ1n) is 9.55. The van der Waals surface area contributed by atoms with Crippen molar-refractivity contribution in [1.29, 1.82) is 0 Å². The van der Waals surface area contributed by atoms with Crippen LogP contribution in [0.25, 0.3) is 0 Å². The second kappa shape index (κ2) is 9.77. The Bertz CT molecular complexity index is 1170. The lowest BCUT2D eigenvalue weighted by Crippen LogP contribution is -2.31. The summed E-state index contributed by atoms with van der Waals surface area (Å²) in [5, 5.41) is 2.66. The highest BCUT2D eigenvalue weighted by Crippen LogP contribution is 2.28. The summed E-state index contributed by atoms with van der Waals surface area (Å²) in [7, 11) is -4.91. The first-order chi connectivity index (χ1) is 14.5. The van der Waals surface area contributed by atoms with E-state index in [2.05, 4.69) is 10.0 Å². The average molecular weight is 470 g/mol. The third kappa shape index (κ3) is 5.24. The lowest BCUT2D eigenvalue weighted by molar-refractivity contribution is 0.102. The molecule has 0 aliphatic carbocycles. The lowest BCUT2D eigenvalue weighted by Gasteiger charge is -2.20. The van der Waals surface area contributed by atoms with Gasteiger partial charge in [-0.1, -0.05) is 19.9 Å². The van der Waals surface area contributed by atoms with Crippen LogP contribution < -0.4 is 14.8 Å². The molecule has 0 atom stereocenters. The number of amides is 1. The number of aryl methyl sites for hydroxylation is 1. The van der Waals surface area contributed by atoms with E-state index in [0.29, 0.717) is 11.3 Å². The lowest BCUT2D eigenvalue weighted by atomic mass is 10.1. The van der Waals surface area contributed by atoms with Gasteiger partial charge >= 0.3 is 0 Å². The molecule has 0 spiro atoms. The Hall–Kier alpha value is -2.47. The van der Waals surface area contributed by atoms with Crippen LogP contribution in [0.4, 0.5) is 5.69 Å². The van der Waals surface area contributed by atoms with Gasteiger partial charge < -0.3 is 10.1 Å². The van der Waals surface area contributed by atoms with Crippen LogP contribution in [0.2, 0.25) is 0 Å². The molecule has 0 bridgehead atoms. The molecule has 2 N–H and O–H groups in total. The molecular formula is C20H27N3O6S2. The molecule has 9 nitrogen and oxygen atoms in total. The summed E-state index contributed by atoms with van der Waals surface area (Å²) in [6.07, 6.45) is 0. The van der Waals surface area contributed by atoms with Crippen molar-refractivity contribution in [3.8, 4) is 5.75 Å². The minimum Gasteiger partial charge on any atom is -0.495 e. The topological polar surface area (TPSA) is 122 Å². The number of hydrogen-bond acceptors (Lipinski definition) is 6. The predicted octanol–water partition coefficient (Wildman–Crippen LogP) is 2.19. The van der Waals surface area contributed by atoms with Crippen molar-refractivity contribution in [2.45, 2.75) is 30.6 Å². The van der Waals surface area contributed by atoms with Crippen molar-refractivity contribution in [3.63, 3.8) is 0 Å². The Morgan fingerprint density at radius 3 is 2.23 bits per heavy atom. The fourth-order valence-corrected chi connectivity index (χ4v) is 5.33. The molecule has 0 fully saturated rings. The van der Waals surface area contributed by atoms with E-state index in [-0.39, 0.29) is 34.2 Å². The third-order valence-corrected chi connectivity index (χ3v) is 8.27. The van der Waals surface area contributed by atoms with Gasteiger partial charge in [0.05, 0.1) is 12.0 Å². The standard InChI is InChI=1S/C20H27N3O6S2/c1-6-23(7-2)31(27,28)19-12-15(9-11-18(19)29-5)20(24)22-17-13-16(10-8-14(17)3)30(25,26)21-4/h8-13,21H,6-7H2,1-5H3,(H,22,24). The van der Waals surface area contributed by atoms with Gasteiger partial charge in [-0.05, 0) is 49.9 Å². The van der Waals surface area contributed by atoms with Crippen LogP contribution in [-0.4, -0.2) is 54.3 Å². The number of nitrogens with zero attached hydrogens (tertiary/aromatic N) is 1. The summed E-state index contributed by atoms with van der Waals surface area (Å²) in [6, 6.07) is 8.46. The number of hydrogen-bond donors (Lipinski definition) is 2. The number of nitrogens with one attached hydrogen (secondary N) is 2. The maximum absolute atomic E-state index is 13.0. The summed E-state index contributed by atoms with van der Waals surface area (Å²) in [5.74, 6) is -0.456. The third-order valence-electron chi connectivity index (χ3n) is 4.79. The van der Waals surface area contributed by atoms with Gasteiger partial charge in [0.25, 0.3) is 5.91 Å². The summed E-state index contributed by atoms with van der Waals surface area (Å²) in [4.78, 5) is 12.7. The Labute approximate surface area is 183 Å². The maximum atomic E-state index is 13.0. The van der Waals surface area contributed by atoms with Crippen molar-refractivity contribution in [3.05, 3.63) is 47.5 Å². The molecule has 0 saturated heterocycles. The van der Waals surface area contributed by atoms with E-state index in [9.17, 15) is 21.6 Å². The Morgan fingerprint density at radius 1 is 1.03 bits per heavy atom. The minimum atomic E-state index is -3.87. The molecule has 0 saturated carbocycles. The zero-order valence-electron chi connectivity index (χ0n) is 18.1. The van der Waals surface area contributed by atoms with Crippen LogP contribution in [0, 0.1) is 6.92 Å². The number of rotatable bonds is 9. The van der Waals surface area contributed by atoms with E-state index in [0.717, 1.165) is 0 Å². The Morgan fingerprint density at radius 2 is 1.68 bits per heavy atom. The molecule has 11 heteroatoms. The van der Waals surface area contributed by atoms with Crippen molar-refractivity contribution in [2.75, 3.05) is 32.6 Å². The summed E-state index contributed by atoms with van der Waals surface area (Å²) in [5.41, 5.74) is 1.03. The van der Waals surface area contributed by atoms with Gasteiger partial charge in [0, 0.05) is 24.3 Å². The van der Waals surface area contributed by atoms with Crippen molar-refractivity contribution in [2.24, 2.45) is 0 Å². The molecule has 170 valence electrons. The van der Waals surface area contributed by atoms with Crippen LogP contribution in [-0.2, 0) is 20.0 Å². The first kappa shape index (κ1) is 24.8. The van der Waals surface area contributed by atoms with Crippen LogP contribution in [0.15, 0.2) is 46.2 Å². The highest BCUT2D eigenvalue weighted by molar-refractivity contribution is 7.89. The quantitative estimate of drug-likeness (QED) is 0.581. The monoisotopic (exact) mass is 469 g/mol. The zero-order valence-corrected chi connectivity index (χ0v) is 19.7. The Balaban J connectivity index is 2.47. The van der Waals surface area contributed by atoms with Gasteiger partial charge in [-0.25, -0.2) is 21.6 Å². The van der Waals surface area contributed by atoms with E-state index in [1.54, 1.807) is 26.8 Å². The normalized spacial score (nSPS) is 12.1. The number of carbonyl (C=O) groups excluding carboxylic acids is 1. The summed E-state index contributed by atoms with van der Waals surface area (Å²) in [6.45, 7) is 5.70. The number of carbonyl (C=O) groups is 1. The average Bonchev–Trinajstić information content (AvgIpc) is 2.75. The maximum Gasteiger partial charge on any atom is 0.255 e. The SMILES string of the molecule is CCN(CC)S(=O)(=O)c1cc(C(=O)Nc2cc(S(=O)(=O)NC)ccc2C)ccc1OC. The zero-order chi connectivity index (χ0) is 23.4. The van der Waals surface area contributed by atoms with Gasteiger partial charge in [-0.15, -0.1) is 0 Å². The number of benzene rings is 2. The molecule has 0 aliphatic rings. The molecule has 0 unspecified atom stereocenters. The van der Waals surface area contributed by atoms with E-state index in [1.165, 1.54) is 48.8 Å². The fourth-order valence-electron chi connectivity index (χ4n) is 2.94. The largest absolute Gasteiger partial charge is 0.495 e. The first-order valence-corrected chi connectivity index (χ1v) is 12.5. The van der Waals surface area contributed by atoms with Crippen LogP contribution in [0.5, 0.6) is 5.75 Å². The fraction of sp³-hybridized carbons (Fsp3) is 0.350. The molecule has 2 aromatic rings. The molecule has 2 rings (SSSR count). The molecule has 0 aliphatic heterocycles. The molecule has 0 aromatic heterocycles. The number of anilines is 1. The van der Waals surface area contributed by atoms with Gasteiger partial charge in [-0.2, -0.15) is 4.31 Å². The second-order valence-electron chi connectivity index (χ2n) is 6.59. The van der Waals surface area contributed by atoms with E-state index >= 15 is 0 Å². The van der Waals surface area contributed by atoms with Crippen molar-refractivity contribution < 1.29 is 26.4 Å². The smallest absolute Gasteiger partial charge is 0.255 e. The molecule has 2 aromatic carbocycles. The van der Waals surface area contributed by atoms with Crippen LogP contribution in [0.1, 0.15) is 29.8 Å². The highest BCUT2D eigenvalue weighted by atomic mass is 32.2. The predicted molar refractivity (Wildman–Crippen MR) is 118 cm³/mol. The van der Waals surface area contributed by atoms with Crippen molar-refractivity contribution >= 4 is 31.6 Å². The van der Waals surface area contributed by atoms with Crippen LogP contribution in [0.3, 0.4) is 0 Å². The van der Waals surface area contributed by atoms with Crippen molar-refractivity contribution in [1.82, 2.24) is 9.03 Å². The molecule has 31 heavy (non-hydrogen) atoms. The van der Waals surface area contributed by atoms with E-state index < -0.39 is 26.0 Å². The molecule has 0 radical (unpaired) electrons. The Kier molecular flexibility index (Phi) is 7.82.